The van der Waals surface area contributed by atoms with Gasteiger partial charge in [0.1, 0.15) is 11.5 Å². The van der Waals surface area contributed by atoms with E-state index in [1.807, 2.05) is 29.5 Å². The van der Waals surface area contributed by atoms with Gasteiger partial charge in [-0.3, -0.25) is 0 Å². The smallest absolute Gasteiger partial charge is 0.142 e. The minimum absolute atomic E-state index is 0.367. The van der Waals surface area contributed by atoms with Crippen LogP contribution in [0.25, 0.3) is 0 Å². The standard InChI is InChI=1S/C16H19NO2S/c1-18-11-6-7-15(19-2)14(10-11)17-13-4-3-5-16-12(13)8-9-20-16/h6-10,13,17H,3-5H2,1-2H3. The fourth-order valence-electron chi connectivity index (χ4n) is 2.75. The van der Waals surface area contributed by atoms with Gasteiger partial charge in [-0.25, -0.2) is 0 Å². The molecule has 20 heavy (non-hydrogen) atoms. The van der Waals surface area contributed by atoms with Gasteiger partial charge in [-0.05, 0) is 48.4 Å². The number of methoxy groups -OCH3 is 2. The molecule has 1 aromatic heterocycles. The highest BCUT2D eigenvalue weighted by Gasteiger charge is 2.22. The molecule has 0 fully saturated rings. The second-order valence-corrected chi connectivity index (χ2v) is 5.96. The van der Waals surface area contributed by atoms with Crippen molar-refractivity contribution in [1.29, 1.82) is 0 Å². The molecule has 1 heterocycles. The molecule has 0 spiro atoms. The fourth-order valence-corrected chi connectivity index (χ4v) is 3.74. The molecule has 3 rings (SSSR count). The first-order valence-electron chi connectivity index (χ1n) is 6.86. The number of hydrogen-bond donors (Lipinski definition) is 1. The van der Waals surface area contributed by atoms with Crippen molar-refractivity contribution < 1.29 is 9.47 Å². The van der Waals surface area contributed by atoms with Crippen LogP contribution in [0.1, 0.15) is 29.3 Å². The molecule has 1 aliphatic rings. The average Bonchev–Trinajstić information content (AvgIpc) is 2.96. The summed E-state index contributed by atoms with van der Waals surface area (Å²) < 4.78 is 10.7. The molecule has 0 aliphatic heterocycles. The number of rotatable bonds is 4. The lowest BCUT2D eigenvalue weighted by Gasteiger charge is -2.25. The lowest BCUT2D eigenvalue weighted by atomic mass is 9.94. The highest BCUT2D eigenvalue weighted by molar-refractivity contribution is 7.10. The molecule has 0 saturated heterocycles. The molecule has 1 aliphatic carbocycles. The molecule has 0 bridgehead atoms. The highest BCUT2D eigenvalue weighted by atomic mass is 32.1. The third kappa shape index (κ3) is 2.48. The molecule has 0 amide bonds. The number of anilines is 1. The summed E-state index contributed by atoms with van der Waals surface area (Å²) in [5.41, 5.74) is 2.43. The van der Waals surface area contributed by atoms with E-state index < -0.39 is 0 Å². The summed E-state index contributed by atoms with van der Waals surface area (Å²) in [5.74, 6) is 1.70. The van der Waals surface area contributed by atoms with E-state index in [4.69, 9.17) is 9.47 Å². The van der Waals surface area contributed by atoms with Gasteiger partial charge in [0.05, 0.1) is 25.9 Å². The topological polar surface area (TPSA) is 30.5 Å². The predicted molar refractivity (Wildman–Crippen MR) is 83.2 cm³/mol. The first-order chi connectivity index (χ1) is 9.81. The molecule has 1 unspecified atom stereocenters. The van der Waals surface area contributed by atoms with Crippen molar-refractivity contribution in [3.63, 3.8) is 0 Å². The summed E-state index contributed by atoms with van der Waals surface area (Å²) in [6.07, 6.45) is 3.60. The zero-order chi connectivity index (χ0) is 13.9. The third-order valence-corrected chi connectivity index (χ3v) is 4.78. The zero-order valence-corrected chi connectivity index (χ0v) is 12.6. The summed E-state index contributed by atoms with van der Waals surface area (Å²) in [7, 11) is 3.38. The number of fused-ring (bicyclic) bond motifs is 1. The molecule has 4 heteroatoms. The molecule has 3 nitrogen and oxygen atoms in total. The average molecular weight is 289 g/mol. The van der Waals surface area contributed by atoms with Crippen molar-refractivity contribution in [3.8, 4) is 11.5 Å². The molecular weight excluding hydrogens is 270 g/mol. The van der Waals surface area contributed by atoms with E-state index in [2.05, 4.69) is 16.8 Å². The van der Waals surface area contributed by atoms with Crippen molar-refractivity contribution in [2.24, 2.45) is 0 Å². The van der Waals surface area contributed by atoms with Crippen molar-refractivity contribution >= 4 is 17.0 Å². The Labute approximate surface area is 123 Å². The van der Waals surface area contributed by atoms with Crippen molar-refractivity contribution in [2.75, 3.05) is 19.5 Å². The molecule has 0 radical (unpaired) electrons. The Morgan fingerprint density at radius 2 is 2.10 bits per heavy atom. The zero-order valence-electron chi connectivity index (χ0n) is 11.8. The van der Waals surface area contributed by atoms with Crippen LogP contribution in [0.2, 0.25) is 0 Å². The van der Waals surface area contributed by atoms with Crippen molar-refractivity contribution in [2.45, 2.75) is 25.3 Å². The maximum absolute atomic E-state index is 5.44. The minimum atomic E-state index is 0.367. The van der Waals surface area contributed by atoms with Crippen LogP contribution in [0.4, 0.5) is 5.69 Å². The summed E-state index contributed by atoms with van der Waals surface area (Å²) in [6, 6.07) is 8.47. The van der Waals surface area contributed by atoms with Crippen LogP contribution in [0.5, 0.6) is 11.5 Å². The highest BCUT2D eigenvalue weighted by Crippen LogP contribution is 2.38. The number of nitrogens with one attached hydrogen (secondary N) is 1. The normalized spacial score (nSPS) is 17.4. The Morgan fingerprint density at radius 3 is 2.90 bits per heavy atom. The first kappa shape index (κ1) is 13.3. The Kier molecular flexibility index (Phi) is 3.83. The van der Waals surface area contributed by atoms with Crippen LogP contribution in [-0.4, -0.2) is 14.2 Å². The SMILES string of the molecule is COc1ccc(OC)c(NC2CCCc3sccc32)c1. The summed E-state index contributed by atoms with van der Waals surface area (Å²) in [4.78, 5) is 1.51. The molecule has 2 aromatic rings. The molecule has 1 aromatic carbocycles. The van der Waals surface area contributed by atoms with E-state index in [0.29, 0.717) is 6.04 Å². The Morgan fingerprint density at radius 1 is 1.20 bits per heavy atom. The molecule has 1 atom stereocenters. The second-order valence-electron chi connectivity index (χ2n) is 4.95. The second kappa shape index (κ2) is 5.75. The van der Waals surface area contributed by atoms with E-state index in [-0.39, 0.29) is 0 Å². The van der Waals surface area contributed by atoms with Gasteiger partial charge < -0.3 is 14.8 Å². The van der Waals surface area contributed by atoms with Gasteiger partial charge in [0.2, 0.25) is 0 Å². The lowest BCUT2D eigenvalue weighted by Crippen LogP contribution is -2.16. The predicted octanol–water partition coefficient (Wildman–Crippen LogP) is 4.25. The Balaban J connectivity index is 1.88. The first-order valence-corrected chi connectivity index (χ1v) is 7.74. The number of thiophene rings is 1. The minimum Gasteiger partial charge on any atom is -0.497 e. The van der Waals surface area contributed by atoms with Gasteiger partial charge in [-0.2, -0.15) is 0 Å². The van der Waals surface area contributed by atoms with Crippen molar-refractivity contribution in [3.05, 3.63) is 40.1 Å². The molecular formula is C16H19NO2S. The quantitative estimate of drug-likeness (QED) is 0.912. The van der Waals surface area contributed by atoms with E-state index in [1.54, 1.807) is 14.2 Å². The number of aryl methyl sites for hydroxylation is 1. The fraction of sp³-hybridized carbons (Fsp3) is 0.375. The van der Waals surface area contributed by atoms with Gasteiger partial charge in [-0.1, -0.05) is 0 Å². The van der Waals surface area contributed by atoms with Crippen LogP contribution < -0.4 is 14.8 Å². The van der Waals surface area contributed by atoms with Crippen LogP contribution in [0.15, 0.2) is 29.6 Å². The van der Waals surface area contributed by atoms with Crippen LogP contribution in [0.3, 0.4) is 0 Å². The van der Waals surface area contributed by atoms with Gasteiger partial charge >= 0.3 is 0 Å². The van der Waals surface area contributed by atoms with Gasteiger partial charge in [0, 0.05) is 10.9 Å². The number of hydrogen-bond acceptors (Lipinski definition) is 4. The summed E-state index contributed by atoms with van der Waals surface area (Å²) in [6.45, 7) is 0. The van der Waals surface area contributed by atoms with Crippen molar-refractivity contribution in [1.82, 2.24) is 0 Å². The van der Waals surface area contributed by atoms with Gasteiger partial charge in [0.25, 0.3) is 0 Å². The van der Waals surface area contributed by atoms with Crippen LogP contribution in [-0.2, 0) is 6.42 Å². The maximum Gasteiger partial charge on any atom is 0.142 e. The number of ether oxygens (including phenoxy) is 2. The summed E-state index contributed by atoms with van der Waals surface area (Å²) >= 11 is 1.86. The maximum atomic E-state index is 5.44. The summed E-state index contributed by atoms with van der Waals surface area (Å²) in [5, 5.41) is 5.81. The van der Waals surface area contributed by atoms with Gasteiger partial charge in [0.15, 0.2) is 0 Å². The van der Waals surface area contributed by atoms with E-state index in [9.17, 15) is 0 Å². The number of benzene rings is 1. The molecule has 1 N–H and O–H groups in total. The molecule has 106 valence electrons. The third-order valence-electron chi connectivity index (χ3n) is 3.79. The van der Waals surface area contributed by atoms with Crippen LogP contribution in [0, 0.1) is 0 Å². The lowest BCUT2D eigenvalue weighted by molar-refractivity contribution is 0.404. The Hall–Kier alpha value is -1.68. The Bertz CT molecular complexity index is 594. The van der Waals surface area contributed by atoms with Crippen LogP contribution >= 0.6 is 11.3 Å². The largest absolute Gasteiger partial charge is 0.497 e. The van der Waals surface area contributed by atoms with E-state index in [1.165, 1.54) is 23.3 Å². The molecule has 0 saturated carbocycles. The van der Waals surface area contributed by atoms with E-state index in [0.717, 1.165) is 23.6 Å². The van der Waals surface area contributed by atoms with E-state index >= 15 is 0 Å². The monoisotopic (exact) mass is 289 g/mol. The van der Waals surface area contributed by atoms with Gasteiger partial charge in [-0.15, -0.1) is 11.3 Å².